The summed E-state index contributed by atoms with van der Waals surface area (Å²) in [4.78, 5) is 19.0. The molecule has 174 valence electrons. The second-order valence-corrected chi connectivity index (χ2v) is 12.3. The molecule has 0 unspecified atom stereocenters. The van der Waals surface area contributed by atoms with E-state index in [9.17, 15) is 13.2 Å². The number of amides is 1. The molecule has 1 fully saturated rings. The van der Waals surface area contributed by atoms with E-state index in [1.54, 1.807) is 12.1 Å². The van der Waals surface area contributed by atoms with Crippen LogP contribution in [0.5, 0.6) is 0 Å². The topological polar surface area (TPSA) is 82.6 Å². The van der Waals surface area contributed by atoms with E-state index < -0.39 is 10.0 Å². The van der Waals surface area contributed by atoms with Gasteiger partial charge in [-0.3, -0.25) is 9.69 Å². The molecule has 1 aromatic heterocycles. The highest BCUT2D eigenvalue weighted by atomic mass is 32.2. The number of benzene rings is 1. The van der Waals surface area contributed by atoms with Crippen molar-refractivity contribution in [2.75, 3.05) is 26.2 Å². The molecule has 1 N–H and O–H groups in total. The lowest BCUT2D eigenvalue weighted by Crippen LogP contribution is -2.48. The van der Waals surface area contributed by atoms with E-state index in [0.717, 1.165) is 6.54 Å². The number of carbonyl (C=O) groups is 1. The maximum Gasteiger partial charge on any atom is 0.244 e. The number of nitrogens with zero attached hydrogens (tertiary/aromatic N) is 3. The molecule has 0 saturated carbocycles. The third-order valence-corrected chi connectivity index (χ3v) is 8.03. The molecule has 0 spiro atoms. The number of pyridine rings is 1. The van der Waals surface area contributed by atoms with Gasteiger partial charge in [0.05, 0.1) is 10.3 Å². The van der Waals surface area contributed by atoms with E-state index in [4.69, 9.17) is 0 Å². The lowest BCUT2D eigenvalue weighted by atomic mass is 10.1. The lowest BCUT2D eigenvalue weighted by Gasteiger charge is -2.33. The standard InChI is InChI=1S/C23H32N4O3S2/c1-18(22(28)25-23(2,3)4)31-21-11-10-20(16-24-21)32(29,30)27-14-12-26(13-15-27)17-19-8-6-5-7-9-19/h5-11,16,18H,12-15,17H2,1-4H3,(H,25,28)/t18-/m1/s1. The van der Waals surface area contributed by atoms with Gasteiger partial charge < -0.3 is 5.32 Å². The minimum atomic E-state index is -3.59. The number of nitrogens with one attached hydrogen (secondary N) is 1. The van der Waals surface area contributed by atoms with E-state index in [1.807, 2.05) is 45.9 Å². The molecule has 0 bridgehead atoms. The Morgan fingerprint density at radius 1 is 1.09 bits per heavy atom. The number of hydrogen-bond acceptors (Lipinski definition) is 6. The predicted octanol–water partition coefficient (Wildman–Crippen LogP) is 2.98. The summed E-state index contributed by atoms with van der Waals surface area (Å²) in [7, 11) is -3.59. The summed E-state index contributed by atoms with van der Waals surface area (Å²) in [5.41, 5.74) is 0.925. The van der Waals surface area contributed by atoms with Crippen molar-refractivity contribution in [3.05, 3.63) is 54.2 Å². The normalized spacial score (nSPS) is 17.1. The summed E-state index contributed by atoms with van der Waals surface area (Å²) in [6.07, 6.45) is 1.39. The largest absolute Gasteiger partial charge is 0.351 e. The smallest absolute Gasteiger partial charge is 0.244 e. The fraction of sp³-hybridized carbons (Fsp3) is 0.478. The maximum atomic E-state index is 13.0. The first kappa shape index (κ1) is 24.7. The summed E-state index contributed by atoms with van der Waals surface area (Å²) in [5, 5.41) is 3.23. The Bertz CT molecular complexity index is 998. The molecule has 32 heavy (non-hydrogen) atoms. The van der Waals surface area contributed by atoms with Crippen molar-refractivity contribution in [1.29, 1.82) is 0 Å². The molecule has 1 atom stereocenters. The van der Waals surface area contributed by atoms with Gasteiger partial charge in [-0.1, -0.05) is 42.1 Å². The second-order valence-electron chi connectivity index (χ2n) is 9.00. The van der Waals surface area contributed by atoms with Crippen LogP contribution in [0, 0.1) is 0 Å². The minimum absolute atomic E-state index is 0.0747. The average molecular weight is 477 g/mol. The van der Waals surface area contributed by atoms with E-state index in [2.05, 4.69) is 27.3 Å². The van der Waals surface area contributed by atoms with Crippen molar-refractivity contribution in [3.8, 4) is 0 Å². The van der Waals surface area contributed by atoms with E-state index in [0.29, 0.717) is 31.2 Å². The number of piperazine rings is 1. The number of hydrogen-bond donors (Lipinski definition) is 1. The van der Waals surface area contributed by atoms with Crippen molar-refractivity contribution in [3.63, 3.8) is 0 Å². The summed E-state index contributed by atoms with van der Waals surface area (Å²) in [6, 6.07) is 13.4. The van der Waals surface area contributed by atoms with Gasteiger partial charge in [0.2, 0.25) is 15.9 Å². The quantitative estimate of drug-likeness (QED) is 0.619. The molecule has 2 heterocycles. The SMILES string of the molecule is C[C@@H](Sc1ccc(S(=O)(=O)N2CCN(Cc3ccccc3)CC2)cn1)C(=O)NC(C)(C)C. The molecule has 2 aromatic rings. The fourth-order valence-electron chi connectivity index (χ4n) is 3.41. The Labute approximate surface area is 195 Å². The van der Waals surface area contributed by atoms with Gasteiger partial charge in [-0.2, -0.15) is 4.31 Å². The molecule has 7 nitrogen and oxygen atoms in total. The van der Waals surface area contributed by atoms with Crippen molar-refractivity contribution in [1.82, 2.24) is 19.5 Å². The summed E-state index contributed by atoms with van der Waals surface area (Å²) >= 11 is 1.31. The Hall–Kier alpha value is -1.94. The summed E-state index contributed by atoms with van der Waals surface area (Å²) in [5.74, 6) is -0.0747. The third-order valence-electron chi connectivity index (χ3n) is 5.09. The van der Waals surface area contributed by atoms with E-state index in [1.165, 1.54) is 27.8 Å². The van der Waals surface area contributed by atoms with Gasteiger partial charge in [-0.05, 0) is 45.4 Å². The lowest BCUT2D eigenvalue weighted by molar-refractivity contribution is -0.121. The molecule has 1 aromatic carbocycles. The van der Waals surface area contributed by atoms with Gasteiger partial charge in [-0.25, -0.2) is 13.4 Å². The van der Waals surface area contributed by atoms with Crippen molar-refractivity contribution in [2.45, 2.75) is 55.0 Å². The van der Waals surface area contributed by atoms with Crippen LogP contribution in [-0.4, -0.2) is 65.5 Å². The Kier molecular flexibility index (Phi) is 7.97. The Morgan fingerprint density at radius 3 is 2.31 bits per heavy atom. The van der Waals surface area contributed by atoms with Gasteiger partial charge in [0.1, 0.15) is 4.90 Å². The van der Waals surface area contributed by atoms with E-state index in [-0.39, 0.29) is 21.6 Å². The van der Waals surface area contributed by atoms with Crippen LogP contribution in [0.25, 0.3) is 0 Å². The van der Waals surface area contributed by atoms with Crippen LogP contribution >= 0.6 is 11.8 Å². The highest BCUT2D eigenvalue weighted by molar-refractivity contribution is 8.00. The number of sulfonamides is 1. The number of carbonyl (C=O) groups excluding carboxylic acids is 1. The maximum absolute atomic E-state index is 13.0. The minimum Gasteiger partial charge on any atom is -0.351 e. The fourth-order valence-corrected chi connectivity index (χ4v) is 5.57. The van der Waals surface area contributed by atoms with Crippen LogP contribution in [0.3, 0.4) is 0 Å². The highest BCUT2D eigenvalue weighted by Crippen LogP contribution is 2.24. The second kappa shape index (κ2) is 10.3. The molecule has 1 aliphatic heterocycles. The molecule has 1 aliphatic rings. The summed E-state index contributed by atoms with van der Waals surface area (Å²) < 4.78 is 27.6. The molecule has 9 heteroatoms. The Balaban J connectivity index is 1.56. The average Bonchev–Trinajstić information content (AvgIpc) is 2.74. The number of rotatable bonds is 7. The van der Waals surface area contributed by atoms with Crippen LogP contribution in [0.2, 0.25) is 0 Å². The molecule has 0 radical (unpaired) electrons. The molecular weight excluding hydrogens is 444 g/mol. The number of thioether (sulfide) groups is 1. The first-order chi connectivity index (χ1) is 15.0. The molecule has 0 aliphatic carbocycles. The van der Waals surface area contributed by atoms with Gasteiger partial charge in [0, 0.05) is 44.5 Å². The zero-order valence-corrected chi connectivity index (χ0v) is 20.7. The summed E-state index contributed by atoms with van der Waals surface area (Å²) in [6.45, 7) is 10.7. The van der Waals surface area contributed by atoms with Gasteiger partial charge in [0.25, 0.3) is 0 Å². The monoisotopic (exact) mass is 476 g/mol. The molecule has 3 rings (SSSR count). The zero-order chi connectivity index (χ0) is 23.4. The van der Waals surface area contributed by atoms with E-state index >= 15 is 0 Å². The van der Waals surface area contributed by atoms with Gasteiger partial charge in [-0.15, -0.1) is 0 Å². The van der Waals surface area contributed by atoms with Gasteiger partial charge in [0.15, 0.2) is 0 Å². The van der Waals surface area contributed by atoms with Crippen LogP contribution < -0.4 is 5.32 Å². The highest BCUT2D eigenvalue weighted by Gasteiger charge is 2.29. The first-order valence-electron chi connectivity index (χ1n) is 10.8. The van der Waals surface area contributed by atoms with Crippen LogP contribution in [0.4, 0.5) is 0 Å². The molecular formula is C23H32N4O3S2. The van der Waals surface area contributed by atoms with Crippen LogP contribution in [-0.2, 0) is 21.4 Å². The van der Waals surface area contributed by atoms with Crippen LogP contribution in [0.1, 0.15) is 33.3 Å². The molecule has 1 saturated heterocycles. The van der Waals surface area contributed by atoms with Gasteiger partial charge >= 0.3 is 0 Å². The first-order valence-corrected chi connectivity index (χ1v) is 13.1. The number of aromatic nitrogens is 1. The predicted molar refractivity (Wildman–Crippen MR) is 128 cm³/mol. The Morgan fingerprint density at radius 2 is 1.75 bits per heavy atom. The molecule has 1 amide bonds. The van der Waals surface area contributed by atoms with Crippen molar-refractivity contribution < 1.29 is 13.2 Å². The zero-order valence-electron chi connectivity index (χ0n) is 19.1. The van der Waals surface area contributed by atoms with Crippen molar-refractivity contribution in [2.24, 2.45) is 0 Å². The van der Waals surface area contributed by atoms with Crippen LogP contribution in [0.15, 0.2) is 58.6 Å². The van der Waals surface area contributed by atoms with Crippen molar-refractivity contribution >= 4 is 27.7 Å². The third kappa shape index (κ3) is 6.78.